The van der Waals surface area contributed by atoms with E-state index < -0.39 is 0 Å². The zero-order valence-corrected chi connectivity index (χ0v) is 16.3. The third-order valence-electron chi connectivity index (χ3n) is 6.77. The van der Waals surface area contributed by atoms with Crippen LogP contribution in [0.1, 0.15) is 74.9 Å². The number of nitrogens with zero attached hydrogens (tertiary/aromatic N) is 5. The van der Waals surface area contributed by atoms with Gasteiger partial charge in [-0.1, -0.05) is 12.8 Å². The lowest BCUT2D eigenvalue weighted by Gasteiger charge is -2.41. The van der Waals surface area contributed by atoms with Crippen molar-refractivity contribution in [3.05, 3.63) is 11.6 Å². The molecule has 1 saturated carbocycles. The van der Waals surface area contributed by atoms with Crippen LogP contribution in [-0.2, 0) is 6.54 Å². The molecule has 1 aromatic heterocycles. The molecule has 3 heterocycles. The van der Waals surface area contributed by atoms with Crippen LogP contribution in [0.2, 0.25) is 0 Å². The van der Waals surface area contributed by atoms with E-state index in [-0.39, 0.29) is 6.61 Å². The van der Waals surface area contributed by atoms with E-state index >= 15 is 0 Å². The lowest BCUT2D eigenvalue weighted by Crippen LogP contribution is -2.47. The van der Waals surface area contributed by atoms with Gasteiger partial charge >= 0.3 is 0 Å². The molecule has 3 fully saturated rings. The van der Waals surface area contributed by atoms with Crippen molar-refractivity contribution in [3.8, 4) is 0 Å². The maximum absolute atomic E-state index is 9.49. The van der Waals surface area contributed by atoms with E-state index in [1.165, 1.54) is 71.0 Å². The standard InChI is InChI=1S/C20H35N5O/c1-23-11-8-18(9-12-23)24-10-4-7-17(15-24)20-21-19(16-5-2-3-6-16)22-25(20)13-14-26/h16-18,26H,2-15H2,1H3. The van der Waals surface area contributed by atoms with Gasteiger partial charge in [-0.2, -0.15) is 5.10 Å². The molecule has 146 valence electrons. The van der Waals surface area contributed by atoms with E-state index in [9.17, 15) is 5.11 Å². The van der Waals surface area contributed by atoms with Crippen molar-refractivity contribution in [1.29, 1.82) is 0 Å². The van der Waals surface area contributed by atoms with Gasteiger partial charge in [0.1, 0.15) is 5.82 Å². The molecule has 1 atom stereocenters. The van der Waals surface area contributed by atoms with Gasteiger partial charge in [-0.25, -0.2) is 9.67 Å². The lowest BCUT2D eigenvalue weighted by molar-refractivity contribution is 0.0915. The zero-order chi connectivity index (χ0) is 17.9. The minimum Gasteiger partial charge on any atom is -0.394 e. The average Bonchev–Trinajstić information content (AvgIpc) is 3.32. The number of hydrogen-bond acceptors (Lipinski definition) is 5. The molecule has 6 nitrogen and oxygen atoms in total. The molecule has 3 aliphatic rings. The third kappa shape index (κ3) is 3.97. The summed E-state index contributed by atoms with van der Waals surface area (Å²) in [6.07, 6.45) is 10.1. The first-order valence-electron chi connectivity index (χ1n) is 10.7. The number of likely N-dealkylation sites (tertiary alicyclic amines) is 2. The minimum atomic E-state index is 0.145. The summed E-state index contributed by atoms with van der Waals surface area (Å²) in [4.78, 5) is 10.2. The highest BCUT2D eigenvalue weighted by Crippen LogP contribution is 2.34. The second kappa shape index (κ2) is 8.36. The Morgan fingerprint density at radius 1 is 0.962 bits per heavy atom. The molecule has 0 amide bonds. The molecule has 0 radical (unpaired) electrons. The van der Waals surface area contributed by atoms with Gasteiger partial charge in [0.05, 0.1) is 13.2 Å². The topological polar surface area (TPSA) is 57.4 Å². The smallest absolute Gasteiger partial charge is 0.154 e. The molecule has 1 aromatic rings. The van der Waals surface area contributed by atoms with Crippen molar-refractivity contribution in [2.24, 2.45) is 0 Å². The van der Waals surface area contributed by atoms with Gasteiger partial charge in [0.25, 0.3) is 0 Å². The fraction of sp³-hybridized carbons (Fsp3) is 0.900. The van der Waals surface area contributed by atoms with Crippen molar-refractivity contribution in [1.82, 2.24) is 24.6 Å². The van der Waals surface area contributed by atoms with Crippen LogP contribution >= 0.6 is 0 Å². The van der Waals surface area contributed by atoms with Gasteiger partial charge in [0.2, 0.25) is 0 Å². The summed E-state index contributed by atoms with van der Waals surface area (Å²) in [5.74, 6) is 3.20. The molecule has 0 aromatic carbocycles. The Bertz CT molecular complexity index is 575. The number of rotatable bonds is 5. The number of aliphatic hydroxyl groups excluding tert-OH is 1. The Morgan fingerprint density at radius 3 is 2.42 bits per heavy atom. The Kier molecular flexibility index (Phi) is 5.91. The summed E-state index contributed by atoms with van der Waals surface area (Å²) in [6, 6.07) is 0.734. The Hall–Kier alpha value is -0.980. The van der Waals surface area contributed by atoms with Crippen molar-refractivity contribution in [2.45, 2.75) is 75.8 Å². The highest BCUT2D eigenvalue weighted by Gasteiger charge is 2.32. The van der Waals surface area contributed by atoms with Crippen LogP contribution in [-0.4, -0.2) is 75.5 Å². The molecule has 6 heteroatoms. The fourth-order valence-electron chi connectivity index (χ4n) is 5.20. The van der Waals surface area contributed by atoms with Crippen molar-refractivity contribution >= 4 is 0 Å². The lowest BCUT2D eigenvalue weighted by atomic mass is 9.93. The Balaban J connectivity index is 1.48. The first-order valence-corrected chi connectivity index (χ1v) is 10.7. The van der Waals surface area contributed by atoms with Crippen molar-refractivity contribution in [2.75, 3.05) is 39.8 Å². The van der Waals surface area contributed by atoms with E-state index in [4.69, 9.17) is 10.1 Å². The Labute approximate surface area is 157 Å². The third-order valence-corrected chi connectivity index (χ3v) is 6.77. The number of piperidine rings is 2. The normalized spacial score (nSPS) is 27.4. The van der Waals surface area contributed by atoms with Crippen LogP contribution in [0.5, 0.6) is 0 Å². The van der Waals surface area contributed by atoms with Gasteiger partial charge in [0.15, 0.2) is 5.82 Å². The molecule has 1 N–H and O–H groups in total. The van der Waals surface area contributed by atoms with E-state index in [1.54, 1.807) is 0 Å². The summed E-state index contributed by atoms with van der Waals surface area (Å²) in [6.45, 7) is 5.51. The zero-order valence-electron chi connectivity index (χ0n) is 16.3. The predicted molar refractivity (Wildman–Crippen MR) is 102 cm³/mol. The number of aliphatic hydroxyl groups is 1. The van der Waals surface area contributed by atoms with E-state index in [2.05, 4.69) is 16.8 Å². The molecule has 2 saturated heterocycles. The van der Waals surface area contributed by atoms with Crippen LogP contribution in [0.25, 0.3) is 0 Å². The molecule has 1 aliphatic carbocycles. The van der Waals surface area contributed by atoms with Crippen molar-refractivity contribution in [3.63, 3.8) is 0 Å². The number of hydrogen-bond donors (Lipinski definition) is 1. The second-order valence-corrected chi connectivity index (χ2v) is 8.62. The first-order chi connectivity index (χ1) is 12.7. The SMILES string of the molecule is CN1CCC(N2CCCC(c3nc(C4CCCC4)nn3CCO)C2)CC1. The van der Waals surface area contributed by atoms with Gasteiger partial charge in [-0.3, -0.25) is 4.90 Å². The van der Waals surface area contributed by atoms with Gasteiger partial charge in [-0.15, -0.1) is 0 Å². The Morgan fingerprint density at radius 2 is 1.69 bits per heavy atom. The molecule has 0 spiro atoms. The molecular weight excluding hydrogens is 326 g/mol. The molecule has 4 rings (SSSR count). The first kappa shape index (κ1) is 18.4. The largest absolute Gasteiger partial charge is 0.394 e. The quantitative estimate of drug-likeness (QED) is 0.871. The van der Waals surface area contributed by atoms with Crippen LogP contribution in [0.3, 0.4) is 0 Å². The fourth-order valence-corrected chi connectivity index (χ4v) is 5.20. The van der Waals surface area contributed by atoms with Gasteiger partial charge in [0, 0.05) is 24.4 Å². The summed E-state index contributed by atoms with van der Waals surface area (Å²) in [5, 5.41) is 14.3. The number of aromatic nitrogens is 3. The molecule has 0 bridgehead atoms. The monoisotopic (exact) mass is 361 g/mol. The molecule has 26 heavy (non-hydrogen) atoms. The summed E-state index contributed by atoms with van der Waals surface area (Å²) in [5.41, 5.74) is 0. The maximum atomic E-state index is 9.49. The average molecular weight is 362 g/mol. The maximum Gasteiger partial charge on any atom is 0.154 e. The molecule has 2 aliphatic heterocycles. The summed E-state index contributed by atoms with van der Waals surface area (Å²) in [7, 11) is 2.23. The van der Waals surface area contributed by atoms with Crippen molar-refractivity contribution < 1.29 is 5.11 Å². The minimum absolute atomic E-state index is 0.145. The second-order valence-electron chi connectivity index (χ2n) is 8.62. The molecular formula is C20H35N5O. The predicted octanol–water partition coefficient (Wildman–Crippen LogP) is 2.20. The van der Waals surface area contributed by atoms with Crippen LogP contribution in [0, 0.1) is 0 Å². The van der Waals surface area contributed by atoms with E-state index in [0.717, 1.165) is 24.2 Å². The van der Waals surface area contributed by atoms with E-state index in [0.29, 0.717) is 18.4 Å². The molecule has 1 unspecified atom stereocenters. The van der Waals surface area contributed by atoms with Gasteiger partial charge in [-0.05, 0) is 65.2 Å². The van der Waals surface area contributed by atoms with E-state index in [1.807, 2.05) is 4.68 Å². The van der Waals surface area contributed by atoms with Crippen LogP contribution < -0.4 is 0 Å². The van der Waals surface area contributed by atoms with Crippen LogP contribution in [0.4, 0.5) is 0 Å². The van der Waals surface area contributed by atoms with Crippen LogP contribution in [0.15, 0.2) is 0 Å². The summed E-state index contributed by atoms with van der Waals surface area (Å²) < 4.78 is 2.02. The summed E-state index contributed by atoms with van der Waals surface area (Å²) >= 11 is 0. The van der Waals surface area contributed by atoms with Gasteiger partial charge < -0.3 is 10.0 Å². The highest BCUT2D eigenvalue weighted by molar-refractivity contribution is 5.07. The highest BCUT2D eigenvalue weighted by atomic mass is 16.3.